The number of likely N-dealkylation sites (N-methyl/N-ethyl adjacent to an activating group) is 1. The highest BCUT2D eigenvalue weighted by Crippen LogP contribution is 2.22. The standard InChI is InChI=1S/C18H27N5O4/c1-4-22(5-2)18(27)15-8-13(21-16(25)6-7-24)11-23(15)17(26)14-10-19-12(3)9-20-14/h9-10,13,15,24H,4-8,11H2,1-3H3,(H,21,25)/t13-,15-/m0/s1. The van der Waals surface area contributed by atoms with Crippen LogP contribution in [-0.4, -0.2) is 80.9 Å². The third-order valence-electron chi connectivity index (χ3n) is 4.63. The first-order valence-electron chi connectivity index (χ1n) is 9.19. The van der Waals surface area contributed by atoms with Crippen LogP contribution in [0.25, 0.3) is 0 Å². The van der Waals surface area contributed by atoms with Gasteiger partial charge in [-0.1, -0.05) is 0 Å². The monoisotopic (exact) mass is 377 g/mol. The Morgan fingerprint density at radius 1 is 1.26 bits per heavy atom. The second-order valence-corrected chi connectivity index (χ2v) is 6.50. The van der Waals surface area contributed by atoms with Crippen molar-refractivity contribution in [2.75, 3.05) is 26.2 Å². The minimum absolute atomic E-state index is 0.0114. The van der Waals surface area contributed by atoms with Crippen molar-refractivity contribution in [1.29, 1.82) is 0 Å². The molecule has 1 fully saturated rings. The Morgan fingerprint density at radius 2 is 1.96 bits per heavy atom. The van der Waals surface area contributed by atoms with Gasteiger partial charge < -0.3 is 20.2 Å². The van der Waals surface area contributed by atoms with Crippen LogP contribution in [0.1, 0.15) is 42.9 Å². The molecule has 1 aromatic heterocycles. The Labute approximate surface area is 158 Å². The summed E-state index contributed by atoms with van der Waals surface area (Å²) in [5.74, 6) is -0.833. The lowest BCUT2D eigenvalue weighted by molar-refractivity contribution is -0.135. The van der Waals surface area contributed by atoms with Crippen LogP contribution in [0.3, 0.4) is 0 Å². The minimum atomic E-state index is -0.667. The van der Waals surface area contributed by atoms with E-state index in [0.717, 1.165) is 0 Å². The van der Waals surface area contributed by atoms with Gasteiger partial charge in [-0.25, -0.2) is 4.98 Å². The number of likely N-dealkylation sites (tertiary alicyclic amines) is 1. The van der Waals surface area contributed by atoms with Crippen molar-refractivity contribution >= 4 is 17.7 Å². The summed E-state index contributed by atoms with van der Waals surface area (Å²) in [7, 11) is 0. The number of hydrogen-bond donors (Lipinski definition) is 2. The van der Waals surface area contributed by atoms with E-state index in [4.69, 9.17) is 5.11 Å². The predicted molar refractivity (Wildman–Crippen MR) is 97.8 cm³/mol. The predicted octanol–water partition coefficient (Wildman–Crippen LogP) is -0.265. The van der Waals surface area contributed by atoms with Crippen molar-refractivity contribution in [1.82, 2.24) is 25.1 Å². The highest BCUT2D eigenvalue weighted by atomic mass is 16.3. The van der Waals surface area contributed by atoms with Crippen LogP contribution < -0.4 is 5.32 Å². The van der Waals surface area contributed by atoms with E-state index in [9.17, 15) is 14.4 Å². The average Bonchev–Trinajstić information content (AvgIpc) is 3.06. The number of aromatic nitrogens is 2. The highest BCUT2D eigenvalue weighted by molar-refractivity contribution is 5.96. The normalized spacial score (nSPS) is 19.0. The van der Waals surface area contributed by atoms with Crippen molar-refractivity contribution < 1.29 is 19.5 Å². The van der Waals surface area contributed by atoms with E-state index in [1.165, 1.54) is 17.3 Å². The summed E-state index contributed by atoms with van der Waals surface area (Å²) >= 11 is 0. The molecule has 9 heteroatoms. The Hall–Kier alpha value is -2.55. The number of carbonyl (C=O) groups excluding carboxylic acids is 3. The Kier molecular flexibility index (Phi) is 7.23. The fraction of sp³-hybridized carbons (Fsp3) is 0.611. The second-order valence-electron chi connectivity index (χ2n) is 6.50. The Morgan fingerprint density at radius 3 is 2.52 bits per heavy atom. The van der Waals surface area contributed by atoms with E-state index in [1.54, 1.807) is 11.8 Å². The van der Waals surface area contributed by atoms with Crippen LogP contribution in [-0.2, 0) is 9.59 Å². The number of hydrogen-bond acceptors (Lipinski definition) is 6. The molecule has 0 aromatic carbocycles. The van der Waals surface area contributed by atoms with Crippen LogP contribution in [0.2, 0.25) is 0 Å². The molecule has 2 atom stereocenters. The van der Waals surface area contributed by atoms with E-state index in [0.29, 0.717) is 25.2 Å². The molecule has 9 nitrogen and oxygen atoms in total. The highest BCUT2D eigenvalue weighted by Gasteiger charge is 2.42. The fourth-order valence-corrected chi connectivity index (χ4v) is 3.20. The number of carbonyl (C=O) groups is 3. The molecular weight excluding hydrogens is 350 g/mol. The zero-order valence-corrected chi connectivity index (χ0v) is 16.0. The molecule has 0 saturated carbocycles. The molecule has 0 aliphatic carbocycles. The minimum Gasteiger partial charge on any atom is -0.396 e. The molecule has 0 bridgehead atoms. The maximum absolute atomic E-state index is 12.9. The third-order valence-corrected chi connectivity index (χ3v) is 4.63. The van der Waals surface area contributed by atoms with Crippen molar-refractivity contribution in [3.05, 3.63) is 23.8 Å². The molecule has 2 rings (SSSR count). The van der Waals surface area contributed by atoms with E-state index in [-0.39, 0.29) is 49.0 Å². The number of aryl methyl sites for hydroxylation is 1. The summed E-state index contributed by atoms with van der Waals surface area (Å²) in [6.07, 6.45) is 3.22. The van der Waals surface area contributed by atoms with Crippen LogP contribution in [0.5, 0.6) is 0 Å². The van der Waals surface area contributed by atoms with Crippen molar-refractivity contribution in [3.63, 3.8) is 0 Å². The molecule has 3 amide bonds. The molecule has 1 aliphatic heterocycles. The summed E-state index contributed by atoms with van der Waals surface area (Å²) in [6, 6.07) is -1.02. The molecule has 2 heterocycles. The molecule has 0 spiro atoms. The number of rotatable bonds is 7. The van der Waals surface area contributed by atoms with Gasteiger partial charge in [0.25, 0.3) is 5.91 Å². The molecule has 1 aromatic rings. The van der Waals surface area contributed by atoms with Gasteiger partial charge in [0, 0.05) is 38.3 Å². The zero-order valence-electron chi connectivity index (χ0n) is 16.0. The summed E-state index contributed by atoms with van der Waals surface area (Å²) < 4.78 is 0. The molecule has 1 saturated heterocycles. The summed E-state index contributed by atoms with van der Waals surface area (Å²) in [5.41, 5.74) is 0.859. The maximum Gasteiger partial charge on any atom is 0.274 e. The lowest BCUT2D eigenvalue weighted by atomic mass is 10.1. The van der Waals surface area contributed by atoms with Gasteiger partial charge in [0.15, 0.2) is 0 Å². The fourth-order valence-electron chi connectivity index (χ4n) is 3.20. The topological polar surface area (TPSA) is 116 Å². The number of aliphatic hydroxyl groups is 1. The van der Waals surface area contributed by atoms with Gasteiger partial charge in [-0.3, -0.25) is 19.4 Å². The van der Waals surface area contributed by atoms with Crippen molar-refractivity contribution in [2.45, 2.75) is 45.7 Å². The Balaban J connectivity index is 2.23. The van der Waals surface area contributed by atoms with Crippen LogP contribution in [0.15, 0.2) is 12.4 Å². The number of aliphatic hydroxyl groups excluding tert-OH is 1. The van der Waals surface area contributed by atoms with Gasteiger partial charge in [0.2, 0.25) is 11.8 Å². The molecule has 0 radical (unpaired) electrons. The Bertz CT molecular complexity index is 675. The SMILES string of the molecule is CCN(CC)C(=O)[C@@H]1C[C@H](NC(=O)CCO)CN1C(=O)c1cnc(C)cn1. The van der Waals surface area contributed by atoms with Crippen LogP contribution >= 0.6 is 0 Å². The quantitative estimate of drug-likeness (QED) is 0.676. The second kappa shape index (κ2) is 9.40. The van der Waals surface area contributed by atoms with E-state index < -0.39 is 6.04 Å². The number of amides is 3. The first kappa shape index (κ1) is 20.8. The molecule has 2 N–H and O–H groups in total. The number of nitrogens with zero attached hydrogens (tertiary/aromatic N) is 4. The first-order chi connectivity index (χ1) is 12.9. The van der Waals surface area contributed by atoms with Gasteiger partial charge in [-0.2, -0.15) is 0 Å². The summed E-state index contributed by atoms with van der Waals surface area (Å²) in [4.78, 5) is 49.0. The van der Waals surface area contributed by atoms with Gasteiger partial charge in [0.05, 0.1) is 18.5 Å². The van der Waals surface area contributed by atoms with Crippen LogP contribution in [0, 0.1) is 6.92 Å². The zero-order chi connectivity index (χ0) is 20.0. The summed E-state index contributed by atoms with van der Waals surface area (Å²) in [5, 5.41) is 11.7. The van der Waals surface area contributed by atoms with Crippen molar-refractivity contribution in [3.8, 4) is 0 Å². The molecule has 1 aliphatic rings. The average molecular weight is 377 g/mol. The van der Waals surface area contributed by atoms with Gasteiger partial charge >= 0.3 is 0 Å². The largest absolute Gasteiger partial charge is 0.396 e. The molecule has 27 heavy (non-hydrogen) atoms. The van der Waals surface area contributed by atoms with E-state index >= 15 is 0 Å². The number of nitrogens with one attached hydrogen (secondary N) is 1. The lowest BCUT2D eigenvalue weighted by Crippen LogP contribution is -2.48. The van der Waals surface area contributed by atoms with Gasteiger partial charge in [-0.15, -0.1) is 0 Å². The van der Waals surface area contributed by atoms with E-state index in [1.807, 2.05) is 13.8 Å². The molecule has 0 unspecified atom stereocenters. The molecular formula is C18H27N5O4. The lowest BCUT2D eigenvalue weighted by Gasteiger charge is -2.28. The smallest absolute Gasteiger partial charge is 0.274 e. The van der Waals surface area contributed by atoms with E-state index in [2.05, 4.69) is 15.3 Å². The van der Waals surface area contributed by atoms with Crippen molar-refractivity contribution in [2.24, 2.45) is 0 Å². The van der Waals surface area contributed by atoms with Gasteiger partial charge in [-0.05, 0) is 27.2 Å². The maximum atomic E-state index is 12.9. The summed E-state index contributed by atoms with van der Waals surface area (Å²) in [6.45, 7) is 6.59. The first-order valence-corrected chi connectivity index (χ1v) is 9.19. The molecule has 148 valence electrons. The van der Waals surface area contributed by atoms with Gasteiger partial charge in [0.1, 0.15) is 11.7 Å². The third kappa shape index (κ3) is 5.00. The van der Waals surface area contributed by atoms with Crippen LogP contribution in [0.4, 0.5) is 0 Å².